The van der Waals surface area contributed by atoms with Crippen molar-refractivity contribution in [3.05, 3.63) is 23.8 Å². The fourth-order valence-electron chi connectivity index (χ4n) is 2.03. The molecule has 0 amide bonds. The number of hydrogen-bond acceptors (Lipinski definition) is 4. The number of hydrogen-bond donors (Lipinski definition) is 1. The molecule has 0 heterocycles. The summed E-state index contributed by atoms with van der Waals surface area (Å²) < 4.78 is 34.6. The lowest BCUT2D eigenvalue weighted by atomic mass is 10.1. The second-order valence-corrected chi connectivity index (χ2v) is 4.43. The van der Waals surface area contributed by atoms with Crippen LogP contribution in [0.1, 0.15) is 18.9 Å². The molecule has 5 nitrogen and oxygen atoms in total. The van der Waals surface area contributed by atoms with E-state index in [9.17, 15) is 13.6 Å². The van der Waals surface area contributed by atoms with Crippen molar-refractivity contribution in [3.8, 4) is 11.5 Å². The van der Waals surface area contributed by atoms with Gasteiger partial charge in [-0.25, -0.2) is 0 Å². The van der Waals surface area contributed by atoms with Crippen LogP contribution < -0.4 is 9.47 Å². The standard InChI is InChI=1S/C14H19F2NO4/c1-3-7-17(9-12(18)19)8-10-5-4-6-11(20-2)13(10)21-14(15)16/h4-6,14H,3,7-9H2,1-2H3,(H,18,19). The quantitative estimate of drug-likeness (QED) is 0.760. The number of para-hydroxylation sites is 1. The van der Waals surface area contributed by atoms with Crippen molar-refractivity contribution in [2.75, 3.05) is 20.2 Å². The molecule has 1 rings (SSSR count). The molecule has 0 unspecified atom stereocenters. The number of carboxylic acids is 1. The highest BCUT2D eigenvalue weighted by Gasteiger charge is 2.18. The minimum atomic E-state index is -2.97. The van der Waals surface area contributed by atoms with Crippen LogP contribution in [0.2, 0.25) is 0 Å². The number of ether oxygens (including phenoxy) is 2. The van der Waals surface area contributed by atoms with Crippen molar-refractivity contribution in [2.45, 2.75) is 26.5 Å². The smallest absolute Gasteiger partial charge is 0.387 e. The summed E-state index contributed by atoms with van der Waals surface area (Å²) in [6.45, 7) is -0.494. The third-order valence-corrected chi connectivity index (χ3v) is 2.78. The second kappa shape index (κ2) is 8.41. The Hall–Kier alpha value is -1.89. The van der Waals surface area contributed by atoms with Crippen LogP contribution in [0.15, 0.2) is 18.2 Å². The molecule has 0 radical (unpaired) electrons. The predicted octanol–water partition coefficient (Wildman–Crippen LogP) is 2.59. The summed E-state index contributed by atoms with van der Waals surface area (Å²) in [7, 11) is 1.36. The highest BCUT2D eigenvalue weighted by molar-refractivity contribution is 5.69. The normalized spacial score (nSPS) is 11.0. The molecule has 1 aromatic carbocycles. The molecule has 0 saturated carbocycles. The van der Waals surface area contributed by atoms with Crippen LogP contribution in [0.4, 0.5) is 8.78 Å². The number of methoxy groups -OCH3 is 1. The van der Waals surface area contributed by atoms with Gasteiger partial charge in [0.1, 0.15) is 0 Å². The molecule has 0 aliphatic rings. The van der Waals surface area contributed by atoms with Crippen molar-refractivity contribution in [3.63, 3.8) is 0 Å². The fraction of sp³-hybridized carbons (Fsp3) is 0.500. The molecule has 7 heteroatoms. The molecule has 118 valence electrons. The monoisotopic (exact) mass is 303 g/mol. The van der Waals surface area contributed by atoms with E-state index in [1.54, 1.807) is 17.0 Å². The van der Waals surface area contributed by atoms with E-state index in [-0.39, 0.29) is 24.6 Å². The van der Waals surface area contributed by atoms with Gasteiger partial charge in [0.05, 0.1) is 13.7 Å². The van der Waals surface area contributed by atoms with Crippen molar-refractivity contribution < 1.29 is 28.2 Å². The van der Waals surface area contributed by atoms with Gasteiger partial charge in [-0.3, -0.25) is 9.69 Å². The molecule has 0 aliphatic heterocycles. The molecule has 0 fully saturated rings. The first-order valence-corrected chi connectivity index (χ1v) is 6.52. The van der Waals surface area contributed by atoms with E-state index in [4.69, 9.17) is 9.84 Å². The molecule has 0 aromatic heterocycles. The molecule has 1 aromatic rings. The van der Waals surface area contributed by atoms with Gasteiger partial charge in [-0.15, -0.1) is 0 Å². The van der Waals surface area contributed by atoms with Crippen LogP contribution >= 0.6 is 0 Å². The first-order valence-electron chi connectivity index (χ1n) is 6.52. The average Bonchev–Trinajstić information content (AvgIpc) is 2.39. The Bertz CT molecular complexity index is 468. The van der Waals surface area contributed by atoms with E-state index >= 15 is 0 Å². The third-order valence-electron chi connectivity index (χ3n) is 2.78. The van der Waals surface area contributed by atoms with Gasteiger partial charge in [0.25, 0.3) is 0 Å². The van der Waals surface area contributed by atoms with E-state index in [0.717, 1.165) is 6.42 Å². The van der Waals surface area contributed by atoms with Gasteiger partial charge in [-0.2, -0.15) is 8.78 Å². The number of carboxylic acid groups (broad SMARTS) is 1. The molecule has 0 saturated heterocycles. The molecular formula is C14H19F2NO4. The Balaban J connectivity index is 3.00. The van der Waals surface area contributed by atoms with Gasteiger partial charge >= 0.3 is 12.6 Å². The summed E-state index contributed by atoms with van der Waals surface area (Å²) in [5, 5.41) is 8.89. The third kappa shape index (κ3) is 5.55. The molecule has 0 spiro atoms. The number of benzene rings is 1. The van der Waals surface area contributed by atoms with Crippen molar-refractivity contribution in [2.24, 2.45) is 0 Å². The van der Waals surface area contributed by atoms with E-state index in [1.165, 1.54) is 13.2 Å². The maximum Gasteiger partial charge on any atom is 0.387 e. The second-order valence-electron chi connectivity index (χ2n) is 4.43. The number of aliphatic carboxylic acids is 1. The number of alkyl halides is 2. The zero-order valence-corrected chi connectivity index (χ0v) is 12.0. The molecular weight excluding hydrogens is 284 g/mol. The van der Waals surface area contributed by atoms with Gasteiger partial charge in [-0.05, 0) is 19.0 Å². The SMILES string of the molecule is CCCN(CC(=O)O)Cc1cccc(OC)c1OC(F)F. The Morgan fingerprint density at radius 3 is 2.67 bits per heavy atom. The lowest BCUT2D eigenvalue weighted by Gasteiger charge is -2.22. The summed E-state index contributed by atoms with van der Waals surface area (Å²) >= 11 is 0. The van der Waals surface area contributed by atoms with Crippen LogP contribution in [-0.2, 0) is 11.3 Å². The van der Waals surface area contributed by atoms with Crippen LogP contribution in [-0.4, -0.2) is 42.8 Å². The lowest BCUT2D eigenvalue weighted by molar-refractivity contribution is -0.138. The van der Waals surface area contributed by atoms with Gasteiger partial charge < -0.3 is 14.6 Å². The lowest BCUT2D eigenvalue weighted by Crippen LogP contribution is -2.30. The van der Waals surface area contributed by atoms with Gasteiger partial charge in [0.2, 0.25) is 0 Å². The number of nitrogens with zero attached hydrogens (tertiary/aromatic N) is 1. The molecule has 1 N–H and O–H groups in total. The summed E-state index contributed by atoms with van der Waals surface area (Å²) in [5.74, 6) is -0.830. The van der Waals surface area contributed by atoms with Gasteiger partial charge in [0.15, 0.2) is 11.5 Å². The highest BCUT2D eigenvalue weighted by atomic mass is 19.3. The van der Waals surface area contributed by atoms with Crippen LogP contribution in [0.5, 0.6) is 11.5 Å². The van der Waals surface area contributed by atoms with E-state index < -0.39 is 12.6 Å². The van der Waals surface area contributed by atoms with Crippen molar-refractivity contribution in [1.82, 2.24) is 4.90 Å². The minimum absolute atomic E-state index is 0.0542. The fourth-order valence-corrected chi connectivity index (χ4v) is 2.03. The maximum absolute atomic E-state index is 12.5. The number of carbonyl (C=O) groups is 1. The van der Waals surface area contributed by atoms with Gasteiger partial charge in [-0.1, -0.05) is 19.1 Å². The van der Waals surface area contributed by atoms with Crippen LogP contribution in [0.25, 0.3) is 0 Å². The molecule has 0 aliphatic carbocycles. The Morgan fingerprint density at radius 1 is 1.43 bits per heavy atom. The zero-order chi connectivity index (χ0) is 15.8. The highest BCUT2D eigenvalue weighted by Crippen LogP contribution is 2.33. The number of rotatable bonds is 9. The van der Waals surface area contributed by atoms with Crippen molar-refractivity contribution >= 4 is 5.97 Å². The summed E-state index contributed by atoms with van der Waals surface area (Å²) in [6, 6.07) is 4.78. The van der Waals surface area contributed by atoms with Crippen LogP contribution in [0.3, 0.4) is 0 Å². The number of halogens is 2. The van der Waals surface area contributed by atoms with E-state index in [0.29, 0.717) is 12.1 Å². The van der Waals surface area contributed by atoms with Gasteiger partial charge in [0, 0.05) is 12.1 Å². The first-order chi connectivity index (χ1) is 9.97. The summed E-state index contributed by atoms with van der Waals surface area (Å²) in [5.41, 5.74) is 0.462. The summed E-state index contributed by atoms with van der Waals surface area (Å²) in [4.78, 5) is 12.5. The molecule has 21 heavy (non-hydrogen) atoms. The average molecular weight is 303 g/mol. The Kier molecular flexibility index (Phi) is 6.87. The predicted molar refractivity (Wildman–Crippen MR) is 72.8 cm³/mol. The molecule has 0 bridgehead atoms. The van der Waals surface area contributed by atoms with E-state index in [1.807, 2.05) is 6.92 Å². The summed E-state index contributed by atoms with van der Waals surface area (Å²) in [6.07, 6.45) is 0.752. The zero-order valence-electron chi connectivity index (χ0n) is 12.0. The topological polar surface area (TPSA) is 59.0 Å². The Morgan fingerprint density at radius 2 is 2.14 bits per heavy atom. The van der Waals surface area contributed by atoms with Crippen LogP contribution in [0, 0.1) is 0 Å². The maximum atomic E-state index is 12.5. The minimum Gasteiger partial charge on any atom is -0.493 e. The first kappa shape index (κ1) is 17.2. The van der Waals surface area contributed by atoms with Crippen molar-refractivity contribution in [1.29, 1.82) is 0 Å². The Labute approximate surface area is 122 Å². The largest absolute Gasteiger partial charge is 0.493 e. The van der Waals surface area contributed by atoms with E-state index in [2.05, 4.69) is 4.74 Å². The molecule has 0 atom stereocenters.